The van der Waals surface area contributed by atoms with Gasteiger partial charge in [-0.1, -0.05) is 11.6 Å². The molecule has 146 valence electrons. The maximum Gasteiger partial charge on any atom is 0.264 e. The van der Waals surface area contributed by atoms with Crippen LogP contribution in [0.4, 0.5) is 5.69 Å². The van der Waals surface area contributed by atoms with Gasteiger partial charge in [-0.05, 0) is 85.4 Å². The molecular weight excluding hydrogens is 406 g/mol. The molecule has 0 unspecified atom stereocenters. The molecule has 29 heavy (non-hydrogen) atoms. The molecule has 7 heteroatoms. The second-order valence-electron chi connectivity index (χ2n) is 6.19. The summed E-state index contributed by atoms with van der Waals surface area (Å²) in [4.78, 5) is 17.5. The lowest BCUT2D eigenvalue weighted by atomic mass is 10.3. The number of carbonyl (C=O) groups is 1. The molecule has 0 radical (unpaired) electrons. The van der Waals surface area contributed by atoms with Gasteiger partial charge in [-0.3, -0.25) is 4.79 Å². The molecule has 1 aliphatic heterocycles. The summed E-state index contributed by atoms with van der Waals surface area (Å²) in [6, 6.07) is 18.9. The molecule has 1 fully saturated rings. The highest BCUT2D eigenvalue weighted by Gasteiger charge is 2.24. The summed E-state index contributed by atoms with van der Waals surface area (Å²) < 4.78 is 7.43. The fourth-order valence-corrected chi connectivity index (χ4v) is 3.82. The molecule has 1 aliphatic rings. The highest BCUT2D eigenvalue weighted by Crippen LogP contribution is 2.29. The standard InChI is InChI=1S/C22H18ClN3O2S/c1-2-28-19-11-7-16(8-12-19)24-22-25-21(27)20(29-22)14-18-4-3-13-26(18)17-9-5-15(23)6-10-17/h3-14H,2H2,1H3,(H,24,25,27)/b20-14-. The Balaban J connectivity index is 1.55. The predicted octanol–water partition coefficient (Wildman–Crippen LogP) is 5.42. The van der Waals surface area contributed by atoms with Crippen molar-refractivity contribution in [2.45, 2.75) is 6.92 Å². The van der Waals surface area contributed by atoms with Crippen LogP contribution in [0.3, 0.4) is 0 Å². The van der Waals surface area contributed by atoms with Crippen molar-refractivity contribution in [1.82, 2.24) is 9.88 Å². The quantitative estimate of drug-likeness (QED) is 0.557. The molecule has 4 rings (SSSR count). The average molecular weight is 424 g/mol. The molecule has 1 aromatic heterocycles. The monoisotopic (exact) mass is 423 g/mol. The van der Waals surface area contributed by atoms with Gasteiger partial charge in [-0.15, -0.1) is 0 Å². The van der Waals surface area contributed by atoms with E-state index >= 15 is 0 Å². The second kappa shape index (κ2) is 8.59. The number of aliphatic imine (C=N–C) groups is 1. The number of amidine groups is 1. The van der Waals surface area contributed by atoms with Crippen molar-refractivity contribution in [2.75, 3.05) is 6.61 Å². The number of aromatic nitrogens is 1. The van der Waals surface area contributed by atoms with E-state index in [1.54, 1.807) is 0 Å². The third kappa shape index (κ3) is 4.55. The third-order valence-electron chi connectivity index (χ3n) is 4.19. The molecular formula is C22H18ClN3O2S. The molecule has 2 aromatic carbocycles. The van der Waals surface area contributed by atoms with Crippen LogP contribution in [0.25, 0.3) is 11.8 Å². The van der Waals surface area contributed by atoms with Crippen molar-refractivity contribution in [3.8, 4) is 11.4 Å². The molecule has 0 atom stereocenters. The van der Waals surface area contributed by atoms with E-state index in [0.717, 1.165) is 22.8 Å². The van der Waals surface area contributed by atoms with Gasteiger partial charge < -0.3 is 14.6 Å². The molecule has 1 amide bonds. The summed E-state index contributed by atoms with van der Waals surface area (Å²) in [5.41, 5.74) is 2.62. The van der Waals surface area contributed by atoms with Crippen LogP contribution in [0.1, 0.15) is 12.6 Å². The van der Waals surface area contributed by atoms with E-state index in [2.05, 4.69) is 10.3 Å². The number of carbonyl (C=O) groups excluding carboxylic acids is 1. The van der Waals surface area contributed by atoms with Crippen LogP contribution in [0.15, 0.2) is 76.8 Å². The van der Waals surface area contributed by atoms with Gasteiger partial charge in [-0.2, -0.15) is 0 Å². The second-order valence-corrected chi connectivity index (χ2v) is 7.66. The highest BCUT2D eigenvalue weighted by atomic mass is 35.5. The van der Waals surface area contributed by atoms with E-state index in [1.807, 2.05) is 84.4 Å². The number of nitrogens with zero attached hydrogens (tertiary/aromatic N) is 2. The summed E-state index contributed by atoms with van der Waals surface area (Å²) in [6.07, 6.45) is 3.80. The first kappa shape index (κ1) is 19.4. The molecule has 0 aliphatic carbocycles. The smallest absolute Gasteiger partial charge is 0.264 e. The van der Waals surface area contributed by atoms with Crippen LogP contribution in [0.5, 0.6) is 5.75 Å². The lowest BCUT2D eigenvalue weighted by molar-refractivity contribution is -0.115. The Kier molecular flexibility index (Phi) is 5.74. The minimum Gasteiger partial charge on any atom is -0.494 e. The largest absolute Gasteiger partial charge is 0.494 e. The number of halogens is 1. The Hall–Kier alpha value is -2.96. The van der Waals surface area contributed by atoms with Crippen molar-refractivity contribution < 1.29 is 9.53 Å². The zero-order chi connectivity index (χ0) is 20.2. The molecule has 3 aromatic rings. The van der Waals surface area contributed by atoms with Gasteiger partial charge >= 0.3 is 0 Å². The molecule has 1 saturated heterocycles. The molecule has 0 bridgehead atoms. The normalized spacial score (nSPS) is 16.4. The molecule has 5 nitrogen and oxygen atoms in total. The third-order valence-corrected chi connectivity index (χ3v) is 5.36. The molecule has 0 spiro atoms. The first-order valence-corrected chi connectivity index (χ1v) is 10.3. The van der Waals surface area contributed by atoms with Crippen molar-refractivity contribution in [3.63, 3.8) is 0 Å². The van der Waals surface area contributed by atoms with E-state index in [4.69, 9.17) is 16.3 Å². The minimum absolute atomic E-state index is 0.163. The van der Waals surface area contributed by atoms with Gasteiger partial charge in [0, 0.05) is 22.6 Å². The SMILES string of the molecule is CCOc1ccc(N=C2NC(=O)/C(=C/c3cccn3-c3ccc(Cl)cc3)S2)cc1. The number of nitrogens with one attached hydrogen (secondary N) is 1. The van der Waals surface area contributed by atoms with Crippen molar-refractivity contribution in [1.29, 1.82) is 0 Å². The number of hydrogen-bond donors (Lipinski definition) is 1. The Morgan fingerprint density at radius 1 is 1.14 bits per heavy atom. The number of rotatable bonds is 5. The first-order valence-electron chi connectivity index (χ1n) is 9.08. The summed E-state index contributed by atoms with van der Waals surface area (Å²) in [5, 5.41) is 4.05. The van der Waals surface area contributed by atoms with Gasteiger partial charge in [0.25, 0.3) is 5.91 Å². The zero-order valence-corrected chi connectivity index (χ0v) is 17.2. The lowest BCUT2D eigenvalue weighted by Gasteiger charge is -2.06. The molecule has 0 saturated carbocycles. The van der Waals surface area contributed by atoms with Crippen LogP contribution in [-0.4, -0.2) is 22.2 Å². The van der Waals surface area contributed by atoms with Crippen molar-refractivity contribution in [2.24, 2.45) is 4.99 Å². The topological polar surface area (TPSA) is 55.6 Å². The van der Waals surface area contributed by atoms with Gasteiger partial charge in [0.1, 0.15) is 5.75 Å². The van der Waals surface area contributed by atoms with Gasteiger partial charge in [0.05, 0.1) is 17.2 Å². The number of thioether (sulfide) groups is 1. The van der Waals surface area contributed by atoms with E-state index in [-0.39, 0.29) is 5.91 Å². The number of amides is 1. The average Bonchev–Trinajstić information content (AvgIpc) is 3.31. The van der Waals surface area contributed by atoms with E-state index in [0.29, 0.717) is 21.7 Å². The van der Waals surface area contributed by atoms with Crippen molar-refractivity contribution in [3.05, 3.63) is 82.5 Å². The van der Waals surface area contributed by atoms with Crippen LogP contribution in [-0.2, 0) is 4.79 Å². The van der Waals surface area contributed by atoms with E-state index in [9.17, 15) is 4.79 Å². The zero-order valence-electron chi connectivity index (χ0n) is 15.6. The molecule has 2 heterocycles. The Morgan fingerprint density at radius 3 is 2.62 bits per heavy atom. The van der Waals surface area contributed by atoms with Gasteiger partial charge in [-0.25, -0.2) is 4.99 Å². The lowest BCUT2D eigenvalue weighted by Crippen LogP contribution is -2.19. The summed E-state index contributed by atoms with van der Waals surface area (Å²) in [5.74, 6) is 0.631. The number of ether oxygens (including phenoxy) is 1. The highest BCUT2D eigenvalue weighted by molar-refractivity contribution is 8.18. The number of hydrogen-bond acceptors (Lipinski definition) is 4. The van der Waals surface area contributed by atoms with Crippen LogP contribution in [0, 0.1) is 0 Å². The Labute approximate surface area is 178 Å². The summed E-state index contributed by atoms with van der Waals surface area (Å²) in [7, 11) is 0. The predicted molar refractivity (Wildman–Crippen MR) is 119 cm³/mol. The minimum atomic E-state index is -0.163. The van der Waals surface area contributed by atoms with Crippen molar-refractivity contribution >= 4 is 46.2 Å². The van der Waals surface area contributed by atoms with Crippen LogP contribution in [0.2, 0.25) is 5.02 Å². The maximum absolute atomic E-state index is 12.4. The Morgan fingerprint density at radius 2 is 1.90 bits per heavy atom. The van der Waals surface area contributed by atoms with E-state index in [1.165, 1.54) is 11.8 Å². The van der Waals surface area contributed by atoms with Crippen LogP contribution < -0.4 is 10.1 Å². The van der Waals surface area contributed by atoms with E-state index < -0.39 is 0 Å². The van der Waals surface area contributed by atoms with Crippen LogP contribution >= 0.6 is 23.4 Å². The first-order chi connectivity index (χ1) is 14.1. The number of benzene rings is 2. The molecule has 1 N–H and O–H groups in total. The van der Waals surface area contributed by atoms with Gasteiger partial charge in [0.2, 0.25) is 0 Å². The summed E-state index contributed by atoms with van der Waals surface area (Å²) in [6.45, 7) is 2.56. The Bertz CT molecular complexity index is 1090. The fraction of sp³-hybridized carbons (Fsp3) is 0.0909. The fourth-order valence-electron chi connectivity index (χ4n) is 2.86. The maximum atomic E-state index is 12.4. The summed E-state index contributed by atoms with van der Waals surface area (Å²) >= 11 is 7.30. The van der Waals surface area contributed by atoms with Gasteiger partial charge in [0.15, 0.2) is 5.17 Å².